The van der Waals surface area contributed by atoms with Crippen LogP contribution in [0.4, 0.5) is 5.69 Å². The molecule has 0 bridgehead atoms. The number of aromatic nitrogens is 2. The topological polar surface area (TPSA) is 111 Å². The average Bonchev–Trinajstić information content (AvgIpc) is 3.16. The van der Waals surface area contributed by atoms with Crippen molar-refractivity contribution in [3.63, 3.8) is 0 Å². The number of nitrogens with one attached hydrogen (secondary N) is 1. The number of hydrogen-bond acceptors (Lipinski definition) is 7. The molecule has 2 aromatic heterocycles. The number of amides is 1. The van der Waals surface area contributed by atoms with Crippen LogP contribution in [-0.2, 0) is 16.1 Å². The van der Waals surface area contributed by atoms with Gasteiger partial charge >= 0.3 is 5.97 Å². The van der Waals surface area contributed by atoms with Crippen molar-refractivity contribution in [2.45, 2.75) is 26.5 Å². The number of nitrogens with zero attached hydrogens (tertiary/aromatic N) is 2. The number of rotatable bonds is 6. The van der Waals surface area contributed by atoms with Gasteiger partial charge in [-0.1, -0.05) is 30.3 Å². The van der Waals surface area contributed by atoms with Gasteiger partial charge in [-0.15, -0.1) is 11.3 Å². The highest BCUT2D eigenvalue weighted by molar-refractivity contribution is 7.20. The van der Waals surface area contributed by atoms with E-state index in [2.05, 4.69) is 10.3 Å². The van der Waals surface area contributed by atoms with Gasteiger partial charge in [-0.2, -0.15) is 0 Å². The number of carbonyl (C=O) groups excluding carboxylic acids is 2. The third-order valence-electron chi connectivity index (χ3n) is 5.21. The van der Waals surface area contributed by atoms with Crippen molar-refractivity contribution in [3.8, 4) is 5.75 Å². The van der Waals surface area contributed by atoms with Gasteiger partial charge in [0.05, 0.1) is 11.7 Å². The Morgan fingerprint density at radius 1 is 1.15 bits per heavy atom. The molecule has 0 saturated heterocycles. The van der Waals surface area contributed by atoms with E-state index in [1.54, 1.807) is 26.0 Å². The number of benzene rings is 2. The fraction of sp³-hybridized carbons (Fsp3) is 0.167. The zero-order chi connectivity index (χ0) is 23.5. The zero-order valence-corrected chi connectivity index (χ0v) is 18.8. The van der Waals surface area contributed by atoms with Crippen molar-refractivity contribution >= 4 is 39.1 Å². The van der Waals surface area contributed by atoms with Crippen LogP contribution in [0.3, 0.4) is 0 Å². The number of esters is 1. The third kappa shape index (κ3) is 4.63. The number of carbonyl (C=O) groups is 2. The lowest BCUT2D eigenvalue weighted by Gasteiger charge is -2.15. The second kappa shape index (κ2) is 9.25. The number of hydrogen-bond donors (Lipinski definition) is 2. The smallest absolute Gasteiger partial charge is 0.349 e. The molecule has 9 heteroatoms. The zero-order valence-electron chi connectivity index (χ0n) is 17.9. The van der Waals surface area contributed by atoms with Gasteiger partial charge in [0, 0.05) is 5.69 Å². The summed E-state index contributed by atoms with van der Waals surface area (Å²) in [6.07, 6.45) is 1.31. The van der Waals surface area contributed by atoms with Gasteiger partial charge in [-0.25, -0.2) is 9.78 Å². The highest BCUT2D eigenvalue weighted by Crippen LogP contribution is 2.28. The summed E-state index contributed by atoms with van der Waals surface area (Å²) in [5.41, 5.74) is 1.41. The maximum Gasteiger partial charge on any atom is 0.349 e. The summed E-state index contributed by atoms with van der Waals surface area (Å²) < 4.78 is 6.64. The van der Waals surface area contributed by atoms with E-state index in [4.69, 9.17) is 4.74 Å². The first kappa shape index (κ1) is 22.2. The van der Waals surface area contributed by atoms with E-state index in [-0.39, 0.29) is 12.4 Å². The Morgan fingerprint density at radius 2 is 1.85 bits per heavy atom. The fourth-order valence-electron chi connectivity index (χ4n) is 3.31. The van der Waals surface area contributed by atoms with Gasteiger partial charge in [0.15, 0.2) is 0 Å². The van der Waals surface area contributed by atoms with Crippen LogP contribution in [0.25, 0.3) is 10.2 Å². The summed E-state index contributed by atoms with van der Waals surface area (Å²) in [5, 5.41) is 12.4. The Morgan fingerprint density at radius 3 is 2.55 bits per heavy atom. The van der Waals surface area contributed by atoms with Crippen LogP contribution in [0, 0.1) is 6.92 Å². The second-order valence-corrected chi connectivity index (χ2v) is 8.47. The molecule has 2 aromatic carbocycles. The number of phenols is 1. The van der Waals surface area contributed by atoms with Crippen LogP contribution in [0.5, 0.6) is 5.75 Å². The monoisotopic (exact) mass is 463 g/mol. The Balaban J connectivity index is 1.57. The molecular formula is C24H21N3O5S. The van der Waals surface area contributed by atoms with E-state index in [1.165, 1.54) is 23.0 Å². The maximum absolute atomic E-state index is 13.2. The van der Waals surface area contributed by atoms with Gasteiger partial charge in [0.25, 0.3) is 5.56 Å². The molecule has 0 aliphatic rings. The number of aromatic hydroxyl groups is 1. The van der Waals surface area contributed by atoms with Crippen LogP contribution >= 0.6 is 11.3 Å². The van der Waals surface area contributed by atoms with Crippen LogP contribution in [0.2, 0.25) is 0 Å². The first-order valence-electron chi connectivity index (χ1n) is 10.2. The van der Waals surface area contributed by atoms with Gasteiger partial charge in [0.1, 0.15) is 28.1 Å². The van der Waals surface area contributed by atoms with E-state index in [0.29, 0.717) is 26.3 Å². The van der Waals surface area contributed by atoms with Gasteiger partial charge in [-0.3, -0.25) is 14.2 Å². The molecule has 168 valence electrons. The second-order valence-electron chi connectivity index (χ2n) is 7.47. The summed E-state index contributed by atoms with van der Waals surface area (Å²) in [6.45, 7) is 3.38. The van der Waals surface area contributed by atoms with Crippen LogP contribution in [-0.4, -0.2) is 26.5 Å². The fourth-order valence-corrected chi connectivity index (χ4v) is 4.35. The molecule has 0 spiro atoms. The number of ether oxygens (including phenoxy) is 1. The van der Waals surface area contributed by atoms with E-state index < -0.39 is 23.5 Å². The highest BCUT2D eigenvalue weighted by atomic mass is 32.1. The van der Waals surface area contributed by atoms with Crippen LogP contribution in [0.15, 0.2) is 65.7 Å². The predicted octanol–water partition coefficient (Wildman–Crippen LogP) is 4.03. The summed E-state index contributed by atoms with van der Waals surface area (Å²) in [7, 11) is 0. The normalized spacial score (nSPS) is 11.8. The molecule has 0 aliphatic carbocycles. The Hall–Kier alpha value is -3.98. The lowest BCUT2D eigenvalue weighted by atomic mass is 10.2. The summed E-state index contributed by atoms with van der Waals surface area (Å²) in [6, 6.07) is 14.5. The van der Waals surface area contributed by atoms with Crippen molar-refractivity contribution in [1.82, 2.24) is 9.55 Å². The lowest BCUT2D eigenvalue weighted by Crippen LogP contribution is -2.31. The van der Waals surface area contributed by atoms with Gasteiger partial charge in [-0.05, 0) is 49.2 Å². The van der Waals surface area contributed by atoms with Gasteiger partial charge < -0.3 is 15.2 Å². The van der Waals surface area contributed by atoms with Crippen molar-refractivity contribution in [2.75, 3.05) is 5.32 Å². The molecule has 4 rings (SSSR count). The third-order valence-corrected chi connectivity index (χ3v) is 6.39. The Bertz CT molecular complexity index is 1380. The maximum atomic E-state index is 13.2. The molecule has 0 aliphatic heterocycles. The first-order chi connectivity index (χ1) is 15.8. The minimum Gasteiger partial charge on any atom is -0.508 e. The van der Waals surface area contributed by atoms with Crippen molar-refractivity contribution in [3.05, 3.63) is 87.3 Å². The quantitative estimate of drug-likeness (QED) is 0.330. The molecule has 2 heterocycles. The van der Waals surface area contributed by atoms with E-state index >= 15 is 0 Å². The number of fused-ring (bicyclic) bond motifs is 1. The number of phenolic OH excluding ortho intramolecular Hbond substituents is 1. The molecule has 0 saturated carbocycles. The lowest BCUT2D eigenvalue weighted by molar-refractivity contribution is -0.118. The van der Waals surface area contributed by atoms with E-state index in [9.17, 15) is 19.5 Å². The van der Waals surface area contributed by atoms with E-state index in [0.717, 1.165) is 16.9 Å². The number of anilines is 1. The van der Waals surface area contributed by atoms with Crippen molar-refractivity contribution in [1.29, 1.82) is 0 Å². The molecule has 1 unspecified atom stereocenters. The minimum absolute atomic E-state index is 0.0814. The molecule has 1 amide bonds. The molecular weight excluding hydrogens is 442 g/mol. The molecule has 33 heavy (non-hydrogen) atoms. The van der Waals surface area contributed by atoms with Crippen molar-refractivity contribution < 1.29 is 19.4 Å². The van der Waals surface area contributed by atoms with Gasteiger partial charge in [0.2, 0.25) is 5.91 Å². The number of aryl methyl sites for hydroxylation is 1. The largest absolute Gasteiger partial charge is 0.508 e. The van der Waals surface area contributed by atoms with Crippen molar-refractivity contribution in [2.24, 2.45) is 0 Å². The summed E-state index contributed by atoms with van der Waals surface area (Å²) >= 11 is 1.09. The molecule has 0 radical (unpaired) electrons. The van der Waals surface area contributed by atoms with Crippen LogP contribution in [0.1, 0.15) is 33.8 Å². The van der Waals surface area contributed by atoms with E-state index in [1.807, 2.05) is 30.3 Å². The predicted molar refractivity (Wildman–Crippen MR) is 126 cm³/mol. The Labute approximate surface area is 193 Å². The summed E-state index contributed by atoms with van der Waals surface area (Å²) in [5.74, 6) is -0.860. The minimum atomic E-state index is -0.851. The Kier molecular flexibility index (Phi) is 6.23. The average molecular weight is 464 g/mol. The SMILES string of the molecule is Cc1c(C(=O)OCc2ccccc2)sc2ncn(C(C)C(=O)Nc3ccc(O)cc3)c(=O)c12. The number of thiophene rings is 1. The first-order valence-corrected chi connectivity index (χ1v) is 11.0. The molecule has 4 aromatic rings. The highest BCUT2D eigenvalue weighted by Gasteiger charge is 2.23. The van der Waals surface area contributed by atoms with Crippen LogP contribution < -0.4 is 10.9 Å². The molecule has 8 nitrogen and oxygen atoms in total. The summed E-state index contributed by atoms with van der Waals surface area (Å²) in [4.78, 5) is 43.5. The standard InChI is InChI=1S/C24H21N3O5S/c1-14-19-22(33-20(14)24(31)32-12-16-6-4-3-5-7-16)25-13-27(23(19)30)15(2)21(29)26-17-8-10-18(28)11-9-17/h3-11,13,15,28H,12H2,1-2H3,(H,26,29). The molecule has 0 fully saturated rings. The molecule has 1 atom stereocenters. The molecule has 2 N–H and O–H groups in total.